The molecule has 0 spiro atoms. The van der Waals surface area contributed by atoms with E-state index in [1.165, 1.54) is 22.3 Å². The van der Waals surface area contributed by atoms with Crippen LogP contribution in [0.3, 0.4) is 0 Å². The van der Waals surface area contributed by atoms with Gasteiger partial charge in [-0.25, -0.2) is 0 Å². The monoisotopic (exact) mass is 680 g/mol. The number of carbonyl (C=O) groups is 1. The first kappa shape index (κ1) is 43.8. The second kappa shape index (κ2) is 30.7. The predicted octanol–water partition coefficient (Wildman–Crippen LogP) is 8.27. The van der Waals surface area contributed by atoms with Gasteiger partial charge in [-0.1, -0.05) is 70.8 Å². The van der Waals surface area contributed by atoms with Crippen LogP contribution in [0.15, 0.2) is 97.1 Å². The highest BCUT2D eigenvalue weighted by atomic mass is 35.5. The normalized spacial score (nSPS) is 8.84. The van der Waals surface area contributed by atoms with E-state index in [9.17, 15) is 4.79 Å². The zero-order chi connectivity index (χ0) is 34.3. The number of aryl methyl sites for hydroxylation is 4. The van der Waals surface area contributed by atoms with Crippen molar-refractivity contribution in [3.05, 3.63) is 119 Å². The lowest BCUT2D eigenvalue weighted by atomic mass is 10.2. The number of alkyl halides is 2. The molecule has 0 fully saturated rings. The molecule has 3 N–H and O–H groups in total. The Morgan fingerprint density at radius 1 is 0.578 bits per heavy atom. The average molecular weight is 682 g/mol. The number of phenolic OH excluding ortho intramolecular Hbond substituents is 1. The van der Waals surface area contributed by atoms with Crippen molar-refractivity contribution < 1.29 is 34.3 Å². The molecule has 0 heterocycles. The van der Waals surface area contributed by atoms with Crippen LogP contribution in [0.5, 0.6) is 23.0 Å². The van der Waals surface area contributed by atoms with Gasteiger partial charge in [-0.3, -0.25) is 4.79 Å². The van der Waals surface area contributed by atoms with Crippen LogP contribution in [-0.2, 0) is 4.79 Å². The second-order valence-corrected chi connectivity index (χ2v) is 10.7. The fourth-order valence-corrected chi connectivity index (χ4v) is 2.73. The summed E-state index contributed by atoms with van der Waals surface area (Å²) in [6, 6.07) is 29.7. The van der Waals surface area contributed by atoms with Crippen molar-refractivity contribution in [2.45, 2.75) is 27.7 Å². The van der Waals surface area contributed by atoms with Gasteiger partial charge in [0, 0.05) is 0 Å². The number of phenols is 1. The van der Waals surface area contributed by atoms with Gasteiger partial charge in [0.25, 0.3) is 0 Å². The molecule has 248 valence electrons. The van der Waals surface area contributed by atoms with E-state index in [0.717, 1.165) is 20.6 Å². The van der Waals surface area contributed by atoms with E-state index < -0.39 is 0 Å². The molecular weight excluding hydrogens is 634 g/mol. The number of hydrogen-bond acceptors (Lipinski definition) is 7. The molecule has 0 aromatic heterocycles. The minimum atomic E-state index is -0.261. The first-order valence-electron chi connectivity index (χ1n) is 13.8. The zero-order valence-corrected chi connectivity index (χ0v) is 29.4. The molecule has 0 amide bonds. The molecule has 0 aliphatic carbocycles. The topological polar surface area (TPSA) is 105 Å². The predicted molar refractivity (Wildman–Crippen MR) is 190 cm³/mol. The van der Waals surface area contributed by atoms with E-state index in [-0.39, 0.29) is 25.5 Å². The van der Waals surface area contributed by atoms with Crippen molar-refractivity contribution in [1.29, 1.82) is 0 Å². The molecule has 4 aromatic carbocycles. The highest BCUT2D eigenvalue weighted by Crippen LogP contribution is 2.12. The zero-order valence-electron chi connectivity index (χ0n) is 26.9. The standard InChI is InChI=1S/C9H10O2.2C8H10O2.C7H8O.C2H7P.CH2Cl2/c1-8-2-4-9(5-3-8)11-7-6-10;2*1-7-2-4-8(5-3-7)10-6-9;1-6-2-4-7(8)5-3-6;1-3-2;2-1-3/h2-6H,7H2,1H3;2*2-5,9H,6H2,1H3;2-5,8H,1H3;3H,1-2H3;1H2. The van der Waals surface area contributed by atoms with Crippen LogP contribution in [0.25, 0.3) is 0 Å². The molecular formula is C35H47Cl2O7P. The van der Waals surface area contributed by atoms with Crippen molar-refractivity contribution in [3.8, 4) is 23.0 Å². The van der Waals surface area contributed by atoms with Crippen molar-refractivity contribution in [2.75, 3.05) is 38.9 Å². The first-order valence-corrected chi connectivity index (χ1v) is 16.9. The van der Waals surface area contributed by atoms with Crippen LogP contribution in [0.1, 0.15) is 22.3 Å². The lowest BCUT2D eigenvalue weighted by molar-refractivity contribution is -0.109. The molecule has 0 aliphatic heterocycles. The van der Waals surface area contributed by atoms with Crippen LogP contribution in [0.4, 0.5) is 0 Å². The Bertz CT molecular complexity index is 1140. The minimum Gasteiger partial charge on any atom is -0.508 e. The van der Waals surface area contributed by atoms with Crippen LogP contribution in [0.2, 0.25) is 0 Å². The lowest BCUT2D eigenvalue weighted by Crippen LogP contribution is -1.96. The molecule has 0 saturated heterocycles. The van der Waals surface area contributed by atoms with E-state index in [0.29, 0.717) is 17.2 Å². The number of carbonyl (C=O) groups excluding carboxylic acids is 1. The summed E-state index contributed by atoms with van der Waals surface area (Å²) in [5, 5.41) is 25.7. The summed E-state index contributed by atoms with van der Waals surface area (Å²) in [7, 11) is 1.08. The van der Waals surface area contributed by atoms with Crippen LogP contribution in [-0.4, -0.2) is 60.5 Å². The summed E-state index contributed by atoms with van der Waals surface area (Å²) in [4.78, 5) is 9.92. The van der Waals surface area contributed by atoms with Gasteiger partial charge in [0.1, 0.15) is 29.6 Å². The van der Waals surface area contributed by atoms with Crippen molar-refractivity contribution in [1.82, 2.24) is 0 Å². The van der Waals surface area contributed by atoms with Crippen LogP contribution in [0, 0.1) is 27.7 Å². The number of rotatable bonds is 7. The number of aliphatic hydroxyl groups is 2. The van der Waals surface area contributed by atoms with E-state index in [2.05, 4.69) is 13.3 Å². The molecule has 4 rings (SSSR count). The molecule has 0 bridgehead atoms. The summed E-state index contributed by atoms with van der Waals surface area (Å²) in [6.45, 7) is 11.9. The smallest absolute Gasteiger partial charge is 0.186 e. The number of aromatic hydroxyl groups is 1. The number of halogens is 2. The molecule has 0 saturated carbocycles. The van der Waals surface area contributed by atoms with Crippen LogP contribution < -0.4 is 14.2 Å². The third kappa shape index (κ3) is 27.9. The molecule has 4 aromatic rings. The number of hydrogen-bond donors (Lipinski definition) is 3. The Hall–Kier alpha value is -3.32. The fourth-order valence-electron chi connectivity index (χ4n) is 2.73. The van der Waals surface area contributed by atoms with Gasteiger partial charge in [-0.2, -0.15) is 0 Å². The summed E-state index contributed by atoms with van der Waals surface area (Å²) < 4.78 is 14.7. The molecule has 0 radical (unpaired) electrons. The molecule has 0 aliphatic rings. The van der Waals surface area contributed by atoms with Gasteiger partial charge in [-0.15, -0.1) is 31.8 Å². The Morgan fingerprint density at radius 3 is 1.04 bits per heavy atom. The van der Waals surface area contributed by atoms with Gasteiger partial charge in [0.15, 0.2) is 19.9 Å². The van der Waals surface area contributed by atoms with Crippen molar-refractivity contribution >= 4 is 38.1 Å². The number of aliphatic hydroxyl groups excluding tert-OH is 2. The summed E-state index contributed by atoms with van der Waals surface area (Å²) in [5.74, 6) is 2.47. The fraction of sp³-hybridized carbons (Fsp3) is 0.286. The van der Waals surface area contributed by atoms with Gasteiger partial charge < -0.3 is 29.5 Å². The van der Waals surface area contributed by atoms with Gasteiger partial charge in [-0.05, 0) is 89.6 Å². The summed E-state index contributed by atoms with van der Waals surface area (Å²) in [6.07, 6.45) is 0.736. The molecule has 0 atom stereocenters. The van der Waals surface area contributed by atoms with E-state index in [4.69, 9.17) is 52.7 Å². The maximum Gasteiger partial charge on any atom is 0.186 e. The van der Waals surface area contributed by atoms with E-state index >= 15 is 0 Å². The number of aldehydes is 1. The van der Waals surface area contributed by atoms with Crippen LogP contribution >= 0.6 is 31.8 Å². The molecule has 7 nitrogen and oxygen atoms in total. The summed E-state index contributed by atoms with van der Waals surface area (Å²) in [5.41, 5.74) is 4.72. The second-order valence-electron chi connectivity index (χ2n) is 8.90. The number of ether oxygens (including phenoxy) is 3. The third-order valence-electron chi connectivity index (χ3n) is 4.88. The average Bonchev–Trinajstić information content (AvgIpc) is 3.03. The first-order chi connectivity index (χ1) is 21.6. The Morgan fingerprint density at radius 2 is 0.822 bits per heavy atom. The molecule has 10 heteroatoms. The molecule has 0 unspecified atom stereocenters. The highest BCUT2D eigenvalue weighted by molar-refractivity contribution is 7.35. The van der Waals surface area contributed by atoms with Crippen molar-refractivity contribution in [3.63, 3.8) is 0 Å². The van der Waals surface area contributed by atoms with Gasteiger partial charge >= 0.3 is 0 Å². The quantitative estimate of drug-likeness (QED) is 0.0781. The van der Waals surface area contributed by atoms with Gasteiger partial charge in [0.05, 0.1) is 5.34 Å². The third-order valence-corrected chi connectivity index (χ3v) is 4.88. The van der Waals surface area contributed by atoms with E-state index in [1.807, 2.05) is 113 Å². The highest BCUT2D eigenvalue weighted by Gasteiger charge is 1.91. The number of benzene rings is 4. The van der Waals surface area contributed by atoms with Gasteiger partial charge in [0.2, 0.25) is 0 Å². The maximum atomic E-state index is 9.92. The largest absolute Gasteiger partial charge is 0.508 e. The lowest BCUT2D eigenvalue weighted by Gasteiger charge is -2.00. The molecule has 45 heavy (non-hydrogen) atoms. The summed E-state index contributed by atoms with van der Waals surface area (Å²) >= 11 is 9.53. The van der Waals surface area contributed by atoms with E-state index in [1.54, 1.807) is 12.1 Å². The maximum absolute atomic E-state index is 9.92. The Labute approximate surface area is 280 Å². The SMILES string of the molecule is CPC.Cc1ccc(O)cc1.Cc1ccc(OCC=O)cc1.Cc1ccc(OCO)cc1.Cc1ccc(OCO)cc1.ClCCl. The Kier molecular flexibility index (Phi) is 29.9. The Balaban J connectivity index is 0. The minimum absolute atomic E-state index is 0.128. The van der Waals surface area contributed by atoms with Crippen molar-refractivity contribution in [2.24, 2.45) is 0 Å².